The van der Waals surface area contributed by atoms with E-state index in [1.807, 2.05) is 24.3 Å². The first-order chi connectivity index (χ1) is 17.0. The molecule has 0 aliphatic rings. The average Bonchev–Trinajstić information content (AvgIpc) is 2.88. The summed E-state index contributed by atoms with van der Waals surface area (Å²) in [5.74, 6) is 0.725. The first-order valence-electron chi connectivity index (χ1n) is 11.6. The van der Waals surface area contributed by atoms with E-state index in [2.05, 4.69) is 0 Å². The molecule has 0 aromatic heterocycles. The predicted octanol–water partition coefficient (Wildman–Crippen LogP) is 4.88. The molecule has 7 heteroatoms. The summed E-state index contributed by atoms with van der Waals surface area (Å²) in [5.41, 5.74) is 2.28. The maximum absolute atomic E-state index is 13.1. The lowest BCUT2D eigenvalue weighted by atomic mass is 10.0. The molecule has 0 radical (unpaired) electrons. The third-order valence-corrected chi connectivity index (χ3v) is 5.39. The standard InChI is InChI=1S/C28H31FO6/c1-3-33-28(31)26(32-2)19-20-5-13-24(14-6-20)34-17-4-18-35-25-15-9-22(10-16-25)27(30)21-7-11-23(29)12-8-21/h5-16,26-27,30H,3-4,17-19H2,1-2H3. The predicted molar refractivity (Wildman–Crippen MR) is 130 cm³/mol. The number of methoxy groups -OCH3 is 1. The van der Waals surface area contributed by atoms with E-state index in [9.17, 15) is 14.3 Å². The molecule has 0 aliphatic heterocycles. The molecular weight excluding hydrogens is 451 g/mol. The lowest BCUT2D eigenvalue weighted by molar-refractivity contribution is -0.154. The average molecular weight is 483 g/mol. The fourth-order valence-corrected chi connectivity index (χ4v) is 3.46. The van der Waals surface area contributed by atoms with Crippen LogP contribution in [0.4, 0.5) is 4.39 Å². The Morgan fingerprint density at radius 3 is 1.89 bits per heavy atom. The molecule has 3 rings (SSSR count). The normalized spacial score (nSPS) is 12.6. The highest BCUT2D eigenvalue weighted by Crippen LogP contribution is 2.24. The quantitative estimate of drug-likeness (QED) is 0.277. The Balaban J connectivity index is 1.38. The summed E-state index contributed by atoms with van der Waals surface area (Å²) in [6.07, 6.45) is -0.325. The number of aliphatic hydroxyl groups excluding tert-OH is 1. The van der Waals surface area contributed by atoms with Crippen LogP contribution in [0.3, 0.4) is 0 Å². The molecule has 3 aromatic rings. The minimum Gasteiger partial charge on any atom is -0.493 e. The Labute approximate surface area is 205 Å². The molecule has 0 saturated heterocycles. The highest BCUT2D eigenvalue weighted by molar-refractivity contribution is 5.75. The van der Waals surface area contributed by atoms with Gasteiger partial charge in [0, 0.05) is 20.0 Å². The second-order valence-corrected chi connectivity index (χ2v) is 7.90. The van der Waals surface area contributed by atoms with Gasteiger partial charge in [0.1, 0.15) is 23.4 Å². The van der Waals surface area contributed by atoms with Gasteiger partial charge in [0.25, 0.3) is 0 Å². The number of hydrogen-bond acceptors (Lipinski definition) is 6. The largest absolute Gasteiger partial charge is 0.493 e. The summed E-state index contributed by atoms with van der Waals surface area (Å²) >= 11 is 0. The van der Waals surface area contributed by atoms with Gasteiger partial charge in [-0.1, -0.05) is 36.4 Å². The van der Waals surface area contributed by atoms with Gasteiger partial charge < -0.3 is 24.1 Å². The number of aliphatic hydroxyl groups is 1. The Morgan fingerprint density at radius 1 is 0.857 bits per heavy atom. The molecule has 6 nitrogen and oxygen atoms in total. The van der Waals surface area contributed by atoms with Crippen LogP contribution in [0.5, 0.6) is 11.5 Å². The van der Waals surface area contributed by atoms with E-state index < -0.39 is 12.2 Å². The molecule has 2 unspecified atom stereocenters. The van der Waals surface area contributed by atoms with E-state index in [0.29, 0.717) is 49.5 Å². The molecule has 0 fully saturated rings. The summed E-state index contributed by atoms with van der Waals surface area (Å²) < 4.78 is 34.8. The van der Waals surface area contributed by atoms with E-state index >= 15 is 0 Å². The molecule has 3 aromatic carbocycles. The lowest BCUT2D eigenvalue weighted by Crippen LogP contribution is -2.27. The third-order valence-electron chi connectivity index (χ3n) is 5.39. The van der Waals surface area contributed by atoms with Crippen LogP contribution in [-0.4, -0.2) is 44.1 Å². The minimum absolute atomic E-state index is 0.321. The molecule has 2 atom stereocenters. The summed E-state index contributed by atoms with van der Waals surface area (Å²) in [6.45, 7) is 3.05. The van der Waals surface area contributed by atoms with Crippen LogP contribution in [0, 0.1) is 5.82 Å². The first kappa shape index (κ1) is 26.2. The Kier molecular flexibility index (Phi) is 10.1. The maximum Gasteiger partial charge on any atom is 0.335 e. The summed E-state index contributed by atoms with van der Waals surface area (Å²) in [6, 6.07) is 20.5. The highest BCUT2D eigenvalue weighted by Gasteiger charge is 2.19. The smallest absolute Gasteiger partial charge is 0.335 e. The van der Waals surface area contributed by atoms with Crippen LogP contribution in [0.15, 0.2) is 72.8 Å². The molecule has 0 heterocycles. The number of ether oxygens (including phenoxy) is 4. The van der Waals surface area contributed by atoms with Gasteiger partial charge in [0.15, 0.2) is 6.10 Å². The van der Waals surface area contributed by atoms with Crippen molar-refractivity contribution in [1.29, 1.82) is 0 Å². The van der Waals surface area contributed by atoms with Crippen LogP contribution < -0.4 is 9.47 Å². The van der Waals surface area contributed by atoms with Gasteiger partial charge in [0.2, 0.25) is 0 Å². The van der Waals surface area contributed by atoms with Gasteiger partial charge in [-0.25, -0.2) is 9.18 Å². The zero-order valence-electron chi connectivity index (χ0n) is 20.0. The molecule has 0 amide bonds. The van der Waals surface area contributed by atoms with Crippen molar-refractivity contribution in [2.75, 3.05) is 26.9 Å². The van der Waals surface area contributed by atoms with Crippen LogP contribution in [0.25, 0.3) is 0 Å². The van der Waals surface area contributed by atoms with Gasteiger partial charge in [-0.2, -0.15) is 0 Å². The van der Waals surface area contributed by atoms with Crippen molar-refractivity contribution in [3.63, 3.8) is 0 Å². The van der Waals surface area contributed by atoms with Gasteiger partial charge in [-0.3, -0.25) is 0 Å². The Hall–Kier alpha value is -3.42. The van der Waals surface area contributed by atoms with E-state index in [1.165, 1.54) is 19.2 Å². The molecular formula is C28H31FO6. The van der Waals surface area contributed by atoms with Crippen molar-refractivity contribution in [2.45, 2.75) is 32.0 Å². The number of hydrogen-bond donors (Lipinski definition) is 1. The zero-order valence-corrected chi connectivity index (χ0v) is 20.0. The topological polar surface area (TPSA) is 74.2 Å². The summed E-state index contributed by atoms with van der Waals surface area (Å²) in [5, 5.41) is 10.4. The highest BCUT2D eigenvalue weighted by atomic mass is 19.1. The maximum atomic E-state index is 13.1. The van der Waals surface area contributed by atoms with Crippen LogP contribution in [0.1, 0.15) is 36.1 Å². The van der Waals surface area contributed by atoms with Crippen LogP contribution >= 0.6 is 0 Å². The number of rotatable bonds is 13. The van der Waals surface area contributed by atoms with Crippen LogP contribution in [-0.2, 0) is 20.7 Å². The van der Waals surface area contributed by atoms with Crippen molar-refractivity contribution in [3.8, 4) is 11.5 Å². The van der Waals surface area contributed by atoms with E-state index in [0.717, 1.165) is 11.3 Å². The van der Waals surface area contributed by atoms with Gasteiger partial charge in [0.05, 0.1) is 19.8 Å². The Bertz CT molecular complexity index is 1030. The number of esters is 1. The van der Waals surface area contributed by atoms with Crippen LogP contribution in [0.2, 0.25) is 0 Å². The van der Waals surface area contributed by atoms with Crippen molar-refractivity contribution >= 4 is 5.97 Å². The molecule has 0 bridgehead atoms. The van der Waals surface area contributed by atoms with E-state index in [-0.39, 0.29) is 11.8 Å². The molecule has 186 valence electrons. The van der Waals surface area contributed by atoms with Crippen molar-refractivity contribution in [2.24, 2.45) is 0 Å². The SMILES string of the molecule is CCOC(=O)C(Cc1ccc(OCCCOc2ccc(C(O)c3ccc(F)cc3)cc2)cc1)OC. The molecule has 0 aliphatic carbocycles. The number of carbonyl (C=O) groups is 1. The molecule has 1 N–H and O–H groups in total. The Morgan fingerprint density at radius 2 is 1.37 bits per heavy atom. The number of carbonyl (C=O) groups excluding carboxylic acids is 1. The second-order valence-electron chi connectivity index (χ2n) is 7.90. The van der Waals surface area contributed by atoms with E-state index in [1.54, 1.807) is 43.3 Å². The van der Waals surface area contributed by atoms with Crippen molar-refractivity contribution < 1.29 is 33.2 Å². The second kappa shape index (κ2) is 13.5. The summed E-state index contributed by atoms with van der Waals surface area (Å²) in [7, 11) is 1.49. The minimum atomic E-state index is -0.824. The fraction of sp³-hybridized carbons (Fsp3) is 0.321. The molecule has 0 saturated carbocycles. The van der Waals surface area contributed by atoms with Gasteiger partial charge in [-0.15, -0.1) is 0 Å². The first-order valence-corrected chi connectivity index (χ1v) is 11.6. The van der Waals surface area contributed by atoms with Gasteiger partial charge in [-0.05, 0) is 60.0 Å². The van der Waals surface area contributed by atoms with E-state index in [4.69, 9.17) is 18.9 Å². The van der Waals surface area contributed by atoms with Crippen molar-refractivity contribution in [1.82, 2.24) is 0 Å². The number of benzene rings is 3. The summed E-state index contributed by atoms with van der Waals surface area (Å²) in [4.78, 5) is 11.9. The van der Waals surface area contributed by atoms with Gasteiger partial charge >= 0.3 is 5.97 Å². The fourth-order valence-electron chi connectivity index (χ4n) is 3.46. The third kappa shape index (κ3) is 8.09. The van der Waals surface area contributed by atoms with Crippen molar-refractivity contribution in [3.05, 3.63) is 95.3 Å². The molecule has 0 spiro atoms. The monoisotopic (exact) mass is 482 g/mol. The number of halogens is 1. The molecule has 35 heavy (non-hydrogen) atoms. The zero-order chi connectivity index (χ0) is 25.0. The lowest BCUT2D eigenvalue weighted by Gasteiger charge is -2.14.